The standard InChI is InChI=1S/C22H26N2O6S/c1-16-9-10-18(15-20(16)31(27,28)24-11-13-29-14-12-24)22(26)30-17(2)21(25)23(3)19-7-5-4-6-8-19/h4-10,15,17H,11-14H2,1-3H3. The average molecular weight is 447 g/mol. The van der Waals surface area contributed by atoms with Crippen LogP contribution in [0.1, 0.15) is 22.8 Å². The summed E-state index contributed by atoms with van der Waals surface area (Å²) in [6, 6.07) is 13.4. The third-order valence-electron chi connectivity index (χ3n) is 5.12. The van der Waals surface area contributed by atoms with E-state index in [2.05, 4.69) is 0 Å². The molecule has 0 spiro atoms. The molecule has 1 amide bonds. The van der Waals surface area contributed by atoms with Crippen LogP contribution in [0.15, 0.2) is 53.4 Å². The highest BCUT2D eigenvalue weighted by atomic mass is 32.2. The van der Waals surface area contributed by atoms with Gasteiger partial charge in [0, 0.05) is 25.8 Å². The van der Waals surface area contributed by atoms with Crippen molar-refractivity contribution in [3.8, 4) is 0 Å². The summed E-state index contributed by atoms with van der Waals surface area (Å²) in [7, 11) is -2.17. The van der Waals surface area contributed by atoms with E-state index in [1.165, 1.54) is 28.3 Å². The number of amides is 1. The molecule has 8 nitrogen and oxygen atoms in total. The van der Waals surface area contributed by atoms with Gasteiger partial charge in [-0.1, -0.05) is 24.3 Å². The maximum absolute atomic E-state index is 13.0. The molecular weight excluding hydrogens is 420 g/mol. The van der Waals surface area contributed by atoms with E-state index in [-0.39, 0.29) is 23.5 Å². The summed E-state index contributed by atoms with van der Waals surface area (Å²) in [6.07, 6.45) is -1.04. The van der Waals surface area contributed by atoms with Crippen molar-refractivity contribution < 1.29 is 27.5 Å². The van der Waals surface area contributed by atoms with Gasteiger partial charge in [0.25, 0.3) is 5.91 Å². The Morgan fingerprint density at radius 1 is 1.10 bits per heavy atom. The number of carbonyl (C=O) groups excluding carboxylic acids is 2. The Morgan fingerprint density at radius 2 is 1.74 bits per heavy atom. The smallest absolute Gasteiger partial charge is 0.338 e. The first-order chi connectivity index (χ1) is 14.7. The number of ether oxygens (including phenoxy) is 2. The predicted molar refractivity (Wildman–Crippen MR) is 115 cm³/mol. The highest BCUT2D eigenvalue weighted by Gasteiger charge is 2.29. The molecule has 166 valence electrons. The van der Waals surface area contributed by atoms with Crippen molar-refractivity contribution in [3.63, 3.8) is 0 Å². The van der Waals surface area contributed by atoms with Crippen LogP contribution in [0.3, 0.4) is 0 Å². The first-order valence-corrected chi connectivity index (χ1v) is 11.4. The zero-order valence-electron chi connectivity index (χ0n) is 17.8. The topological polar surface area (TPSA) is 93.2 Å². The van der Waals surface area contributed by atoms with Gasteiger partial charge in [-0.15, -0.1) is 0 Å². The molecule has 1 unspecified atom stereocenters. The Morgan fingerprint density at radius 3 is 2.39 bits per heavy atom. The number of hydrogen-bond donors (Lipinski definition) is 0. The third kappa shape index (κ3) is 5.12. The summed E-state index contributed by atoms with van der Waals surface area (Å²) in [4.78, 5) is 26.7. The summed E-state index contributed by atoms with van der Waals surface area (Å²) < 4.78 is 37.9. The Kier molecular flexibility index (Phi) is 7.09. The van der Waals surface area contributed by atoms with Crippen molar-refractivity contribution in [2.75, 3.05) is 38.3 Å². The Labute approximate surface area is 182 Å². The van der Waals surface area contributed by atoms with E-state index >= 15 is 0 Å². The predicted octanol–water partition coefficient (Wildman–Crippen LogP) is 2.22. The lowest BCUT2D eigenvalue weighted by Crippen LogP contribution is -2.41. The molecule has 2 aromatic carbocycles. The van der Waals surface area contributed by atoms with Crippen LogP contribution >= 0.6 is 0 Å². The van der Waals surface area contributed by atoms with Gasteiger partial charge in [-0.25, -0.2) is 13.2 Å². The van der Waals surface area contributed by atoms with Crippen LogP contribution in [0.4, 0.5) is 5.69 Å². The van der Waals surface area contributed by atoms with Crippen molar-refractivity contribution >= 4 is 27.6 Å². The van der Waals surface area contributed by atoms with Crippen LogP contribution in [0.2, 0.25) is 0 Å². The number of esters is 1. The summed E-state index contributed by atoms with van der Waals surface area (Å²) in [5.74, 6) is -1.16. The van der Waals surface area contributed by atoms with Crippen LogP contribution in [-0.4, -0.2) is 64.1 Å². The molecule has 0 aliphatic carbocycles. The number of anilines is 1. The molecule has 1 heterocycles. The van der Waals surface area contributed by atoms with E-state index in [9.17, 15) is 18.0 Å². The van der Waals surface area contributed by atoms with E-state index in [0.717, 1.165) is 0 Å². The van der Waals surface area contributed by atoms with Gasteiger partial charge < -0.3 is 14.4 Å². The summed E-state index contributed by atoms with van der Waals surface area (Å²) >= 11 is 0. The molecule has 0 radical (unpaired) electrons. The monoisotopic (exact) mass is 446 g/mol. The first kappa shape index (κ1) is 22.9. The number of benzene rings is 2. The first-order valence-electron chi connectivity index (χ1n) is 9.94. The average Bonchev–Trinajstić information content (AvgIpc) is 2.79. The largest absolute Gasteiger partial charge is 0.449 e. The van der Waals surface area contributed by atoms with Gasteiger partial charge in [0.15, 0.2) is 6.10 Å². The minimum Gasteiger partial charge on any atom is -0.449 e. The SMILES string of the molecule is Cc1ccc(C(=O)OC(C)C(=O)N(C)c2ccccc2)cc1S(=O)(=O)N1CCOCC1. The normalized spacial score (nSPS) is 15.8. The van der Waals surface area contributed by atoms with Gasteiger partial charge in [-0.05, 0) is 43.7 Å². The number of rotatable bonds is 6. The second-order valence-corrected chi connectivity index (χ2v) is 9.18. The van der Waals surface area contributed by atoms with Gasteiger partial charge in [0.2, 0.25) is 10.0 Å². The van der Waals surface area contributed by atoms with E-state index in [1.54, 1.807) is 44.3 Å². The molecule has 0 aromatic heterocycles. The van der Waals surface area contributed by atoms with Crippen LogP contribution in [0.25, 0.3) is 0 Å². The fraction of sp³-hybridized carbons (Fsp3) is 0.364. The maximum Gasteiger partial charge on any atom is 0.338 e. The van der Waals surface area contributed by atoms with Crippen molar-refractivity contribution in [1.82, 2.24) is 4.31 Å². The number of aryl methyl sites for hydroxylation is 1. The molecule has 1 fully saturated rings. The van der Waals surface area contributed by atoms with Crippen LogP contribution in [-0.2, 0) is 24.3 Å². The zero-order chi connectivity index (χ0) is 22.6. The van der Waals surface area contributed by atoms with E-state index in [4.69, 9.17) is 9.47 Å². The van der Waals surface area contributed by atoms with Gasteiger partial charge in [-0.3, -0.25) is 4.79 Å². The van der Waals surface area contributed by atoms with E-state index in [0.29, 0.717) is 24.5 Å². The summed E-state index contributed by atoms with van der Waals surface area (Å²) in [5.41, 5.74) is 1.26. The molecule has 9 heteroatoms. The lowest BCUT2D eigenvalue weighted by molar-refractivity contribution is -0.126. The maximum atomic E-state index is 13.0. The van der Waals surface area contributed by atoms with Crippen molar-refractivity contribution in [2.24, 2.45) is 0 Å². The summed E-state index contributed by atoms with van der Waals surface area (Å²) in [6.45, 7) is 4.33. The Hall–Kier alpha value is -2.75. The third-order valence-corrected chi connectivity index (χ3v) is 7.16. The fourth-order valence-corrected chi connectivity index (χ4v) is 4.92. The molecule has 1 aliphatic rings. The zero-order valence-corrected chi connectivity index (χ0v) is 18.6. The Bertz CT molecular complexity index is 1050. The number of carbonyl (C=O) groups is 2. The molecule has 1 atom stereocenters. The molecule has 31 heavy (non-hydrogen) atoms. The highest BCUT2D eigenvalue weighted by molar-refractivity contribution is 7.89. The van der Waals surface area contributed by atoms with Gasteiger partial charge in [-0.2, -0.15) is 4.31 Å². The second-order valence-electron chi connectivity index (χ2n) is 7.28. The highest BCUT2D eigenvalue weighted by Crippen LogP contribution is 2.23. The van der Waals surface area contributed by atoms with Gasteiger partial charge >= 0.3 is 5.97 Å². The molecule has 0 bridgehead atoms. The minimum absolute atomic E-state index is 0.0456. The molecule has 2 aromatic rings. The fourth-order valence-electron chi connectivity index (χ4n) is 3.26. The number of nitrogens with zero attached hydrogens (tertiary/aromatic N) is 2. The van der Waals surface area contributed by atoms with Gasteiger partial charge in [0.1, 0.15) is 0 Å². The van der Waals surface area contributed by atoms with E-state index in [1.807, 2.05) is 6.07 Å². The quantitative estimate of drug-likeness (QED) is 0.632. The number of likely N-dealkylation sites (N-methyl/N-ethyl adjacent to an activating group) is 1. The number of sulfonamides is 1. The van der Waals surface area contributed by atoms with Crippen LogP contribution in [0, 0.1) is 6.92 Å². The van der Waals surface area contributed by atoms with Crippen LogP contribution < -0.4 is 4.90 Å². The van der Waals surface area contributed by atoms with Gasteiger partial charge in [0.05, 0.1) is 23.7 Å². The molecule has 0 saturated carbocycles. The molecule has 1 saturated heterocycles. The molecule has 0 N–H and O–H groups in total. The number of hydrogen-bond acceptors (Lipinski definition) is 6. The second kappa shape index (κ2) is 9.59. The van der Waals surface area contributed by atoms with Crippen molar-refractivity contribution in [2.45, 2.75) is 24.8 Å². The number of morpholine rings is 1. The molecule has 1 aliphatic heterocycles. The van der Waals surface area contributed by atoms with Crippen LogP contribution in [0.5, 0.6) is 0 Å². The molecule has 3 rings (SSSR count). The van der Waals surface area contributed by atoms with Crippen molar-refractivity contribution in [1.29, 1.82) is 0 Å². The minimum atomic E-state index is -3.77. The Balaban J connectivity index is 1.76. The lowest BCUT2D eigenvalue weighted by Gasteiger charge is -2.27. The molecular formula is C22H26N2O6S. The van der Waals surface area contributed by atoms with E-state index < -0.39 is 28.0 Å². The number of para-hydroxylation sites is 1. The lowest BCUT2D eigenvalue weighted by atomic mass is 10.1. The van der Waals surface area contributed by atoms with Crippen molar-refractivity contribution in [3.05, 3.63) is 59.7 Å². The summed E-state index contributed by atoms with van der Waals surface area (Å²) in [5, 5.41) is 0.